The summed E-state index contributed by atoms with van der Waals surface area (Å²) in [5, 5.41) is 4.27. The molecule has 2 heterocycles. The number of ether oxygens (including phenoxy) is 2. The molecule has 3 aromatic rings. The van der Waals surface area contributed by atoms with Gasteiger partial charge in [-0.25, -0.2) is 14.5 Å². The third kappa shape index (κ3) is 3.60. The normalized spacial score (nSPS) is 10.4. The lowest BCUT2D eigenvalue weighted by Gasteiger charge is -2.08. The lowest BCUT2D eigenvalue weighted by atomic mass is 10.3. The molecule has 0 unspecified atom stereocenters. The van der Waals surface area contributed by atoms with Gasteiger partial charge in [0.25, 0.3) is 0 Å². The minimum atomic E-state index is -0.473. The molecule has 0 spiro atoms. The van der Waals surface area contributed by atoms with Crippen molar-refractivity contribution < 1.29 is 14.3 Å². The highest BCUT2D eigenvalue weighted by Gasteiger charge is 2.15. The first kappa shape index (κ1) is 15.7. The standard InChI is InChI=1S/C18H17N3O3/c1-2-23-17-16(9-6-10-19-17)18(22)24-13-14-11-20-21(12-14)15-7-4-3-5-8-15/h3-12H,2,13H2,1H3. The largest absolute Gasteiger partial charge is 0.477 e. The highest BCUT2D eigenvalue weighted by Crippen LogP contribution is 2.16. The number of nitrogens with zero attached hydrogens (tertiary/aromatic N) is 3. The first-order chi connectivity index (χ1) is 11.8. The highest BCUT2D eigenvalue weighted by molar-refractivity contribution is 5.91. The molecule has 0 saturated carbocycles. The van der Waals surface area contributed by atoms with E-state index in [2.05, 4.69) is 10.1 Å². The zero-order chi connectivity index (χ0) is 16.8. The molecule has 0 amide bonds. The molecular weight excluding hydrogens is 306 g/mol. The van der Waals surface area contributed by atoms with Crippen LogP contribution in [0.25, 0.3) is 5.69 Å². The smallest absolute Gasteiger partial charge is 0.343 e. The molecule has 122 valence electrons. The van der Waals surface area contributed by atoms with Gasteiger partial charge >= 0.3 is 5.97 Å². The number of hydrogen-bond donors (Lipinski definition) is 0. The van der Waals surface area contributed by atoms with E-state index in [4.69, 9.17) is 9.47 Å². The summed E-state index contributed by atoms with van der Waals surface area (Å²) in [4.78, 5) is 16.3. The minimum absolute atomic E-state index is 0.131. The SMILES string of the molecule is CCOc1ncccc1C(=O)OCc1cnn(-c2ccccc2)c1. The van der Waals surface area contributed by atoms with Gasteiger partial charge in [0.15, 0.2) is 0 Å². The maximum atomic E-state index is 12.2. The third-order valence-corrected chi connectivity index (χ3v) is 3.30. The quantitative estimate of drug-likeness (QED) is 0.652. The lowest BCUT2D eigenvalue weighted by Crippen LogP contribution is -2.09. The average molecular weight is 323 g/mol. The van der Waals surface area contributed by atoms with Gasteiger partial charge in [-0.1, -0.05) is 18.2 Å². The molecule has 0 atom stereocenters. The summed E-state index contributed by atoms with van der Waals surface area (Å²) in [6, 6.07) is 13.0. The molecule has 0 radical (unpaired) electrons. The number of aromatic nitrogens is 3. The predicted octanol–water partition coefficient (Wildman–Crippen LogP) is 3.02. The molecule has 0 aliphatic heterocycles. The second-order valence-electron chi connectivity index (χ2n) is 4.99. The Labute approximate surface area is 139 Å². The summed E-state index contributed by atoms with van der Waals surface area (Å²) in [6.07, 6.45) is 5.08. The van der Waals surface area contributed by atoms with Gasteiger partial charge in [0.1, 0.15) is 12.2 Å². The molecule has 0 saturated heterocycles. The van der Waals surface area contributed by atoms with Gasteiger partial charge in [0.05, 0.1) is 18.5 Å². The maximum absolute atomic E-state index is 12.2. The van der Waals surface area contributed by atoms with Gasteiger partial charge in [-0.2, -0.15) is 5.10 Å². The van der Waals surface area contributed by atoms with Gasteiger partial charge in [-0.15, -0.1) is 0 Å². The van der Waals surface area contributed by atoms with Crippen LogP contribution in [0.15, 0.2) is 61.1 Å². The summed E-state index contributed by atoms with van der Waals surface area (Å²) in [5.41, 5.74) is 2.06. The first-order valence-corrected chi connectivity index (χ1v) is 7.62. The molecule has 0 aliphatic rings. The number of rotatable bonds is 6. The van der Waals surface area contributed by atoms with Gasteiger partial charge in [0, 0.05) is 18.0 Å². The number of carbonyl (C=O) groups is 1. The van der Waals surface area contributed by atoms with Crippen molar-refractivity contribution in [3.05, 3.63) is 72.2 Å². The molecule has 2 aromatic heterocycles. The van der Waals surface area contributed by atoms with Crippen molar-refractivity contribution in [1.29, 1.82) is 0 Å². The summed E-state index contributed by atoms with van der Waals surface area (Å²) < 4.78 is 12.4. The Morgan fingerprint density at radius 2 is 2.00 bits per heavy atom. The van der Waals surface area contributed by atoms with Crippen LogP contribution in [-0.4, -0.2) is 27.3 Å². The fourth-order valence-corrected chi connectivity index (χ4v) is 2.18. The monoisotopic (exact) mass is 323 g/mol. The van der Waals surface area contributed by atoms with E-state index in [1.54, 1.807) is 29.2 Å². The average Bonchev–Trinajstić information content (AvgIpc) is 3.10. The Morgan fingerprint density at radius 3 is 2.79 bits per heavy atom. The number of carbonyl (C=O) groups excluding carboxylic acids is 1. The van der Waals surface area contributed by atoms with Crippen LogP contribution in [0.4, 0.5) is 0 Å². The van der Waals surface area contributed by atoms with Crippen LogP contribution in [0.2, 0.25) is 0 Å². The Balaban J connectivity index is 1.66. The van der Waals surface area contributed by atoms with E-state index in [1.165, 1.54) is 0 Å². The lowest BCUT2D eigenvalue weighted by molar-refractivity contribution is 0.0467. The Kier molecular flexibility index (Phi) is 4.86. The van der Waals surface area contributed by atoms with E-state index in [1.807, 2.05) is 43.5 Å². The molecule has 1 aromatic carbocycles. The van der Waals surface area contributed by atoms with Crippen LogP contribution in [-0.2, 0) is 11.3 Å². The number of esters is 1. The number of hydrogen-bond acceptors (Lipinski definition) is 5. The van der Waals surface area contributed by atoms with Gasteiger partial charge in [-0.3, -0.25) is 0 Å². The van der Waals surface area contributed by atoms with Crippen molar-refractivity contribution in [1.82, 2.24) is 14.8 Å². The summed E-state index contributed by atoms with van der Waals surface area (Å²) in [6.45, 7) is 2.40. The number of benzene rings is 1. The fraction of sp³-hybridized carbons (Fsp3) is 0.167. The van der Waals surface area contributed by atoms with Gasteiger partial charge in [-0.05, 0) is 31.2 Å². The van der Waals surface area contributed by atoms with Crippen LogP contribution in [0.3, 0.4) is 0 Å². The minimum Gasteiger partial charge on any atom is -0.477 e. The van der Waals surface area contributed by atoms with Crippen molar-refractivity contribution in [2.24, 2.45) is 0 Å². The van der Waals surface area contributed by atoms with E-state index in [0.29, 0.717) is 12.2 Å². The Morgan fingerprint density at radius 1 is 1.17 bits per heavy atom. The van der Waals surface area contributed by atoms with Crippen molar-refractivity contribution in [3.63, 3.8) is 0 Å². The maximum Gasteiger partial charge on any atom is 0.343 e. The first-order valence-electron chi connectivity index (χ1n) is 7.62. The summed E-state index contributed by atoms with van der Waals surface area (Å²) in [7, 11) is 0. The molecule has 24 heavy (non-hydrogen) atoms. The van der Waals surface area contributed by atoms with Crippen molar-refractivity contribution >= 4 is 5.97 Å². The van der Waals surface area contributed by atoms with Gasteiger partial charge in [0.2, 0.25) is 5.88 Å². The second kappa shape index (κ2) is 7.41. The van der Waals surface area contributed by atoms with Gasteiger partial charge < -0.3 is 9.47 Å². The highest BCUT2D eigenvalue weighted by atomic mass is 16.5. The summed E-state index contributed by atoms with van der Waals surface area (Å²) in [5.74, 6) is -0.191. The van der Waals surface area contributed by atoms with Crippen LogP contribution >= 0.6 is 0 Å². The fourth-order valence-electron chi connectivity index (χ4n) is 2.18. The molecule has 0 aliphatic carbocycles. The van der Waals surface area contributed by atoms with Crippen LogP contribution in [0, 0.1) is 0 Å². The van der Waals surface area contributed by atoms with Crippen molar-refractivity contribution in [3.8, 4) is 11.6 Å². The third-order valence-electron chi connectivity index (χ3n) is 3.30. The zero-order valence-electron chi connectivity index (χ0n) is 13.3. The van der Waals surface area contributed by atoms with Crippen LogP contribution in [0.1, 0.15) is 22.8 Å². The van der Waals surface area contributed by atoms with E-state index in [9.17, 15) is 4.79 Å². The molecular formula is C18H17N3O3. The second-order valence-corrected chi connectivity index (χ2v) is 4.99. The van der Waals surface area contributed by atoms with Crippen molar-refractivity contribution in [2.45, 2.75) is 13.5 Å². The summed E-state index contributed by atoms with van der Waals surface area (Å²) >= 11 is 0. The van der Waals surface area contributed by atoms with E-state index >= 15 is 0 Å². The zero-order valence-corrected chi connectivity index (χ0v) is 13.3. The molecule has 0 N–H and O–H groups in total. The number of pyridine rings is 1. The molecule has 0 bridgehead atoms. The number of para-hydroxylation sites is 1. The van der Waals surface area contributed by atoms with E-state index < -0.39 is 5.97 Å². The predicted molar refractivity (Wildman–Crippen MR) is 88.1 cm³/mol. The molecule has 0 fully saturated rings. The molecule has 6 heteroatoms. The van der Waals surface area contributed by atoms with E-state index in [-0.39, 0.29) is 12.5 Å². The van der Waals surface area contributed by atoms with E-state index in [0.717, 1.165) is 11.3 Å². The Bertz CT molecular complexity index is 815. The van der Waals surface area contributed by atoms with Crippen LogP contribution < -0.4 is 4.74 Å². The molecule has 3 rings (SSSR count). The van der Waals surface area contributed by atoms with Crippen LogP contribution in [0.5, 0.6) is 5.88 Å². The van der Waals surface area contributed by atoms with Crippen molar-refractivity contribution in [2.75, 3.05) is 6.61 Å². The topological polar surface area (TPSA) is 66.2 Å². The molecule has 6 nitrogen and oxygen atoms in total. The Hall–Kier alpha value is -3.15.